The monoisotopic (exact) mass is 509 g/mol. The number of amides is 1. The maximum Gasteiger partial charge on any atom is 0.254 e. The third-order valence-electron chi connectivity index (χ3n) is 6.71. The minimum Gasteiger partial charge on any atom is -0.497 e. The molecule has 9 heteroatoms. The van der Waals surface area contributed by atoms with Crippen LogP contribution in [-0.4, -0.2) is 54.6 Å². The number of aromatic nitrogens is 2. The number of rotatable bonds is 10. The summed E-state index contributed by atoms with van der Waals surface area (Å²) in [5.41, 5.74) is 1.98. The Morgan fingerprint density at radius 1 is 1.11 bits per heavy atom. The molecule has 2 aliphatic rings. The lowest BCUT2D eigenvalue weighted by Crippen LogP contribution is -2.34. The summed E-state index contributed by atoms with van der Waals surface area (Å²) in [5, 5.41) is 0.0319. The predicted octanol–water partition coefficient (Wildman–Crippen LogP) is 3.85. The molecule has 1 saturated carbocycles. The first-order chi connectivity index (χ1) is 17.4. The summed E-state index contributed by atoms with van der Waals surface area (Å²) in [4.78, 5) is 19.7. The summed E-state index contributed by atoms with van der Waals surface area (Å²) >= 11 is 0. The Kier molecular flexibility index (Phi) is 7.11. The molecule has 0 spiro atoms. The summed E-state index contributed by atoms with van der Waals surface area (Å²) in [6.07, 6.45) is 5.21. The van der Waals surface area contributed by atoms with Gasteiger partial charge in [-0.2, -0.15) is 0 Å². The van der Waals surface area contributed by atoms with E-state index < -0.39 is 9.84 Å². The van der Waals surface area contributed by atoms with E-state index in [0.29, 0.717) is 35.7 Å². The highest BCUT2D eigenvalue weighted by Crippen LogP contribution is 2.31. The topological polar surface area (TPSA) is 90.7 Å². The summed E-state index contributed by atoms with van der Waals surface area (Å²) in [6, 6.07) is 16.3. The van der Waals surface area contributed by atoms with E-state index in [1.165, 1.54) is 0 Å². The van der Waals surface area contributed by atoms with Crippen LogP contribution >= 0.6 is 0 Å². The highest BCUT2D eigenvalue weighted by molar-refractivity contribution is 7.90. The van der Waals surface area contributed by atoms with Gasteiger partial charge in [-0.05, 0) is 55.5 Å². The van der Waals surface area contributed by atoms with E-state index in [0.717, 1.165) is 25.7 Å². The van der Waals surface area contributed by atoms with Crippen molar-refractivity contribution < 1.29 is 22.7 Å². The van der Waals surface area contributed by atoms with Gasteiger partial charge in [0.05, 0.1) is 43.9 Å². The third kappa shape index (κ3) is 5.47. The number of methoxy groups -OCH3 is 1. The van der Waals surface area contributed by atoms with Crippen LogP contribution in [0.5, 0.6) is 5.75 Å². The fourth-order valence-corrected chi connectivity index (χ4v) is 6.14. The first kappa shape index (κ1) is 24.5. The maximum atomic E-state index is 13.4. The molecular weight excluding hydrogens is 478 g/mol. The van der Waals surface area contributed by atoms with E-state index in [1.807, 2.05) is 23.1 Å². The quantitative estimate of drug-likeness (QED) is 0.412. The Bertz CT molecular complexity index is 1290. The molecule has 1 atom stereocenters. The highest BCUT2D eigenvalue weighted by atomic mass is 32.2. The van der Waals surface area contributed by atoms with Gasteiger partial charge in [-0.1, -0.05) is 30.3 Å². The average Bonchev–Trinajstić information content (AvgIpc) is 3.44. The van der Waals surface area contributed by atoms with Gasteiger partial charge >= 0.3 is 0 Å². The van der Waals surface area contributed by atoms with Gasteiger partial charge in [0.25, 0.3) is 5.91 Å². The second-order valence-corrected chi connectivity index (χ2v) is 11.3. The molecule has 1 aromatic heterocycles. The Hall–Kier alpha value is -3.17. The number of imidazole rings is 1. The molecule has 1 aliphatic carbocycles. The van der Waals surface area contributed by atoms with E-state index in [9.17, 15) is 13.2 Å². The first-order valence-electron chi connectivity index (χ1n) is 12.3. The number of nitrogens with zero attached hydrogens (tertiary/aromatic N) is 3. The molecule has 0 radical (unpaired) electrons. The van der Waals surface area contributed by atoms with E-state index in [1.54, 1.807) is 54.3 Å². The van der Waals surface area contributed by atoms with E-state index >= 15 is 0 Å². The predicted molar refractivity (Wildman–Crippen MR) is 134 cm³/mol. The number of hydrogen-bond donors (Lipinski definition) is 0. The lowest BCUT2D eigenvalue weighted by molar-refractivity contribution is 0.0718. The Balaban J connectivity index is 1.45. The molecule has 0 unspecified atom stereocenters. The van der Waals surface area contributed by atoms with E-state index in [2.05, 4.69) is 4.98 Å². The summed E-state index contributed by atoms with van der Waals surface area (Å²) in [5.74, 6) is 0.471. The fourth-order valence-electron chi connectivity index (χ4n) is 4.64. The van der Waals surface area contributed by atoms with Crippen LogP contribution in [0.25, 0.3) is 0 Å². The zero-order valence-electron chi connectivity index (χ0n) is 20.4. The molecule has 36 heavy (non-hydrogen) atoms. The highest BCUT2D eigenvalue weighted by Gasteiger charge is 2.35. The first-order valence-corrected chi connectivity index (χ1v) is 14.0. The van der Waals surface area contributed by atoms with Crippen LogP contribution in [0.4, 0.5) is 0 Å². The normalized spacial score (nSPS) is 17.8. The van der Waals surface area contributed by atoms with Gasteiger partial charge in [0.1, 0.15) is 5.75 Å². The smallest absolute Gasteiger partial charge is 0.254 e. The molecule has 190 valence electrons. The Labute approximate surface area is 211 Å². The van der Waals surface area contributed by atoms with Crippen molar-refractivity contribution in [2.45, 2.75) is 61.8 Å². The second-order valence-electron chi connectivity index (χ2n) is 9.42. The van der Waals surface area contributed by atoms with Crippen LogP contribution in [0.1, 0.15) is 47.3 Å². The number of benzene rings is 2. The number of hydrogen-bond acceptors (Lipinski definition) is 6. The minimum atomic E-state index is -3.71. The Morgan fingerprint density at radius 3 is 2.50 bits per heavy atom. The van der Waals surface area contributed by atoms with Crippen molar-refractivity contribution >= 4 is 15.7 Å². The van der Waals surface area contributed by atoms with Gasteiger partial charge < -0.3 is 18.9 Å². The zero-order chi connectivity index (χ0) is 25.1. The van der Waals surface area contributed by atoms with Gasteiger partial charge in [0, 0.05) is 18.2 Å². The van der Waals surface area contributed by atoms with Gasteiger partial charge in [0.2, 0.25) is 15.0 Å². The number of ether oxygens (including phenoxy) is 2. The molecule has 1 aliphatic heterocycles. The van der Waals surface area contributed by atoms with Crippen molar-refractivity contribution in [1.29, 1.82) is 0 Å². The van der Waals surface area contributed by atoms with Crippen LogP contribution in [0.2, 0.25) is 0 Å². The van der Waals surface area contributed by atoms with Crippen molar-refractivity contribution in [2.24, 2.45) is 0 Å². The molecule has 1 amide bonds. The van der Waals surface area contributed by atoms with Crippen molar-refractivity contribution in [3.63, 3.8) is 0 Å². The van der Waals surface area contributed by atoms with E-state index in [-0.39, 0.29) is 35.5 Å². The molecule has 2 heterocycles. The van der Waals surface area contributed by atoms with Crippen molar-refractivity contribution in [3.8, 4) is 5.75 Å². The summed E-state index contributed by atoms with van der Waals surface area (Å²) in [7, 11) is -2.12. The third-order valence-corrected chi connectivity index (χ3v) is 8.30. The van der Waals surface area contributed by atoms with Crippen molar-refractivity contribution in [2.75, 3.05) is 13.7 Å². The number of sulfone groups is 1. The van der Waals surface area contributed by atoms with Crippen LogP contribution in [0.3, 0.4) is 0 Å². The van der Waals surface area contributed by atoms with Gasteiger partial charge in [0.15, 0.2) is 0 Å². The van der Waals surface area contributed by atoms with Crippen molar-refractivity contribution in [3.05, 3.63) is 77.6 Å². The Morgan fingerprint density at radius 2 is 1.86 bits per heavy atom. The van der Waals surface area contributed by atoms with Gasteiger partial charge in [-0.25, -0.2) is 13.4 Å². The average molecular weight is 510 g/mol. The molecule has 5 rings (SSSR count). The minimum absolute atomic E-state index is 0.0319. The number of carbonyl (C=O) groups excluding carboxylic acids is 1. The number of carbonyl (C=O) groups is 1. The molecular formula is C27H31N3O5S. The molecule has 0 bridgehead atoms. The van der Waals surface area contributed by atoms with Gasteiger partial charge in [-0.15, -0.1) is 0 Å². The van der Waals surface area contributed by atoms with Crippen molar-refractivity contribution in [1.82, 2.24) is 14.5 Å². The fraction of sp³-hybridized carbons (Fsp3) is 0.407. The molecule has 3 aromatic rings. The van der Waals surface area contributed by atoms with Gasteiger partial charge in [-0.3, -0.25) is 4.79 Å². The molecule has 1 saturated heterocycles. The van der Waals surface area contributed by atoms with Crippen LogP contribution in [0, 0.1) is 0 Å². The summed E-state index contributed by atoms with van der Waals surface area (Å²) in [6.45, 7) is 1.36. The summed E-state index contributed by atoms with van der Waals surface area (Å²) < 4.78 is 39.7. The maximum absolute atomic E-state index is 13.4. The van der Waals surface area contributed by atoms with E-state index in [4.69, 9.17) is 9.47 Å². The van der Waals surface area contributed by atoms with Crippen LogP contribution in [-0.2, 0) is 33.4 Å². The second kappa shape index (κ2) is 10.4. The lowest BCUT2D eigenvalue weighted by Gasteiger charge is -2.24. The molecule has 2 aromatic carbocycles. The van der Waals surface area contributed by atoms with Crippen LogP contribution < -0.4 is 4.74 Å². The largest absolute Gasteiger partial charge is 0.497 e. The SMILES string of the molecule is COc1ccc(C(=O)N(Cc2cnc(S(=O)(=O)Cc3ccccc3)n2C[C@@H]2CCCO2)C2CC2)cc1. The molecule has 8 nitrogen and oxygen atoms in total. The standard InChI is InChI=1S/C27H31N3O5S/c1-34-24-13-9-21(10-14-24)26(31)29(22-11-12-22)17-23-16-28-27(30(23)18-25-8-5-15-35-25)36(32,33)19-20-6-3-2-4-7-20/h2-4,6-7,9-10,13-14,16,22,25H,5,8,11-12,15,17-19H2,1H3/t25-/m0/s1. The molecule has 0 N–H and O–H groups in total. The molecule has 2 fully saturated rings. The van der Waals surface area contributed by atoms with Crippen LogP contribution in [0.15, 0.2) is 66.0 Å². The lowest BCUT2D eigenvalue weighted by atomic mass is 10.2. The zero-order valence-corrected chi connectivity index (χ0v) is 21.2.